The molecule has 2 heterocycles. The Labute approximate surface area is 126 Å². The van der Waals surface area contributed by atoms with Gasteiger partial charge in [0.15, 0.2) is 0 Å². The molecule has 0 spiro atoms. The summed E-state index contributed by atoms with van der Waals surface area (Å²) in [4.78, 5) is 2.40. The molecule has 1 unspecified atom stereocenters. The van der Waals surface area contributed by atoms with Crippen LogP contribution in [0.1, 0.15) is 58.3 Å². The molecule has 0 amide bonds. The summed E-state index contributed by atoms with van der Waals surface area (Å²) in [5, 5.41) is 15.7. The lowest BCUT2D eigenvalue weighted by Gasteiger charge is -2.41. The maximum absolute atomic E-state index is 10.9. The topological polar surface area (TPSA) is 41.3 Å². The van der Waals surface area contributed by atoms with Crippen LogP contribution in [0.25, 0.3) is 0 Å². The summed E-state index contributed by atoms with van der Waals surface area (Å²) in [6, 6.07) is 0. The van der Waals surface area contributed by atoms with Crippen molar-refractivity contribution >= 4 is 11.6 Å². The van der Waals surface area contributed by atoms with E-state index in [2.05, 4.69) is 23.8 Å². The van der Waals surface area contributed by atoms with Gasteiger partial charge in [-0.15, -0.1) is 0 Å². The van der Waals surface area contributed by atoms with Crippen LogP contribution in [-0.4, -0.2) is 38.4 Å². The molecule has 0 radical (unpaired) electrons. The maximum atomic E-state index is 10.9. The summed E-state index contributed by atoms with van der Waals surface area (Å²) in [6.45, 7) is 9.02. The van der Waals surface area contributed by atoms with E-state index < -0.39 is 6.10 Å². The van der Waals surface area contributed by atoms with Crippen molar-refractivity contribution < 1.29 is 5.11 Å². The Balaban J connectivity index is 2.24. The van der Waals surface area contributed by atoms with Gasteiger partial charge in [0.05, 0.1) is 16.9 Å². The van der Waals surface area contributed by atoms with Crippen LogP contribution in [0.15, 0.2) is 6.20 Å². The Morgan fingerprint density at radius 1 is 1.30 bits per heavy atom. The lowest BCUT2D eigenvalue weighted by molar-refractivity contribution is -0.0146. The molecular weight excluding hydrogens is 274 g/mol. The molecule has 1 aromatic heterocycles. The minimum absolute atomic E-state index is 0.332. The van der Waals surface area contributed by atoms with Crippen molar-refractivity contribution in [3.63, 3.8) is 0 Å². The summed E-state index contributed by atoms with van der Waals surface area (Å²) < 4.78 is 1.80. The Morgan fingerprint density at radius 2 is 1.90 bits per heavy atom. The third-order valence-electron chi connectivity index (χ3n) is 4.48. The third kappa shape index (κ3) is 3.02. The summed E-state index contributed by atoms with van der Waals surface area (Å²) >= 11 is 6.23. The van der Waals surface area contributed by atoms with E-state index in [1.165, 1.54) is 25.7 Å². The quantitative estimate of drug-likeness (QED) is 0.928. The molecule has 0 saturated carbocycles. The molecular formula is C15H26ClN3O. The first kappa shape index (κ1) is 15.8. The molecule has 1 aromatic rings. The van der Waals surface area contributed by atoms with Crippen molar-refractivity contribution in [3.05, 3.63) is 16.9 Å². The fourth-order valence-electron chi connectivity index (χ4n) is 3.05. The number of rotatable bonds is 4. The standard InChI is InChI=1S/C15H26ClN3O/c1-4-19-13(12(16)11-17-19)14(20)15(2,3)18-9-7-5-6-8-10-18/h11,14,20H,4-10H2,1-3H3. The van der Waals surface area contributed by atoms with E-state index >= 15 is 0 Å². The predicted molar refractivity (Wildman–Crippen MR) is 82.0 cm³/mol. The van der Waals surface area contributed by atoms with Crippen LogP contribution >= 0.6 is 11.6 Å². The number of halogens is 1. The highest BCUT2D eigenvalue weighted by Gasteiger charge is 2.38. The van der Waals surface area contributed by atoms with Gasteiger partial charge in [0.2, 0.25) is 0 Å². The van der Waals surface area contributed by atoms with Gasteiger partial charge in [0.1, 0.15) is 6.10 Å². The van der Waals surface area contributed by atoms with Crippen LogP contribution < -0.4 is 0 Å². The number of likely N-dealkylation sites (tertiary alicyclic amines) is 1. The molecule has 1 aliphatic rings. The first-order chi connectivity index (χ1) is 9.48. The second-order valence-electron chi connectivity index (χ2n) is 6.15. The molecule has 4 nitrogen and oxygen atoms in total. The minimum atomic E-state index is -0.629. The molecule has 0 bridgehead atoms. The first-order valence-electron chi connectivity index (χ1n) is 7.62. The van der Waals surface area contributed by atoms with Gasteiger partial charge in [0.25, 0.3) is 0 Å². The highest BCUT2D eigenvalue weighted by molar-refractivity contribution is 6.31. The second-order valence-corrected chi connectivity index (χ2v) is 6.56. The minimum Gasteiger partial charge on any atom is -0.385 e. The van der Waals surface area contributed by atoms with Crippen LogP contribution in [0, 0.1) is 0 Å². The fourth-order valence-corrected chi connectivity index (χ4v) is 3.29. The van der Waals surface area contributed by atoms with Gasteiger partial charge in [-0.1, -0.05) is 24.4 Å². The van der Waals surface area contributed by atoms with Crippen molar-refractivity contribution in [1.82, 2.24) is 14.7 Å². The van der Waals surface area contributed by atoms with E-state index in [9.17, 15) is 5.11 Å². The number of hydrogen-bond acceptors (Lipinski definition) is 3. The number of aliphatic hydroxyl groups excluding tert-OH is 1. The zero-order valence-electron chi connectivity index (χ0n) is 12.8. The summed E-state index contributed by atoms with van der Waals surface area (Å²) in [5.41, 5.74) is 0.407. The molecule has 0 aromatic carbocycles. The molecule has 1 fully saturated rings. The Hall–Kier alpha value is -0.580. The average molecular weight is 300 g/mol. The molecule has 2 rings (SSSR count). The van der Waals surface area contributed by atoms with Gasteiger partial charge in [-0.2, -0.15) is 5.10 Å². The number of nitrogens with zero attached hydrogens (tertiary/aromatic N) is 3. The van der Waals surface area contributed by atoms with Crippen molar-refractivity contribution in [2.75, 3.05) is 13.1 Å². The van der Waals surface area contributed by atoms with E-state index in [1.54, 1.807) is 10.9 Å². The SMILES string of the molecule is CCn1ncc(Cl)c1C(O)C(C)(C)N1CCCCCC1. The largest absolute Gasteiger partial charge is 0.385 e. The van der Waals surface area contributed by atoms with Crippen LogP contribution in [0.3, 0.4) is 0 Å². The molecule has 1 N–H and O–H groups in total. The Morgan fingerprint density at radius 3 is 2.45 bits per heavy atom. The van der Waals surface area contributed by atoms with Crippen molar-refractivity contribution in [2.24, 2.45) is 0 Å². The summed E-state index contributed by atoms with van der Waals surface area (Å²) in [5.74, 6) is 0. The highest BCUT2D eigenvalue weighted by atomic mass is 35.5. The van der Waals surface area contributed by atoms with Crippen molar-refractivity contribution in [2.45, 2.75) is 64.6 Å². The van der Waals surface area contributed by atoms with E-state index in [1.807, 2.05) is 6.92 Å². The second kappa shape index (κ2) is 6.46. The van der Waals surface area contributed by atoms with Crippen LogP contribution in [0.4, 0.5) is 0 Å². The van der Waals surface area contributed by atoms with E-state index in [4.69, 9.17) is 11.6 Å². The normalized spacial score (nSPS) is 19.9. The lowest BCUT2D eigenvalue weighted by Crippen LogP contribution is -2.49. The fraction of sp³-hybridized carbons (Fsp3) is 0.800. The van der Waals surface area contributed by atoms with Gasteiger partial charge in [-0.05, 0) is 46.7 Å². The molecule has 1 aliphatic heterocycles. The van der Waals surface area contributed by atoms with Gasteiger partial charge < -0.3 is 5.11 Å². The van der Waals surface area contributed by atoms with Crippen molar-refractivity contribution in [3.8, 4) is 0 Å². The first-order valence-corrected chi connectivity index (χ1v) is 8.00. The molecule has 1 atom stereocenters. The smallest absolute Gasteiger partial charge is 0.115 e. The van der Waals surface area contributed by atoms with Gasteiger partial charge in [0, 0.05) is 12.1 Å². The number of aryl methyl sites for hydroxylation is 1. The monoisotopic (exact) mass is 299 g/mol. The zero-order valence-corrected chi connectivity index (χ0v) is 13.5. The third-order valence-corrected chi connectivity index (χ3v) is 4.77. The zero-order chi connectivity index (χ0) is 14.8. The van der Waals surface area contributed by atoms with Crippen LogP contribution in [0.2, 0.25) is 5.02 Å². The van der Waals surface area contributed by atoms with E-state index in [0.29, 0.717) is 5.02 Å². The summed E-state index contributed by atoms with van der Waals surface area (Å²) in [6.07, 6.45) is 5.98. The molecule has 114 valence electrons. The van der Waals surface area contributed by atoms with Gasteiger partial charge >= 0.3 is 0 Å². The van der Waals surface area contributed by atoms with E-state index in [0.717, 1.165) is 25.3 Å². The molecule has 20 heavy (non-hydrogen) atoms. The van der Waals surface area contributed by atoms with Gasteiger partial charge in [-0.3, -0.25) is 9.58 Å². The molecule has 0 aliphatic carbocycles. The Kier molecular flexibility index (Phi) is 5.10. The van der Waals surface area contributed by atoms with Gasteiger partial charge in [-0.25, -0.2) is 0 Å². The van der Waals surface area contributed by atoms with Crippen LogP contribution in [0.5, 0.6) is 0 Å². The number of hydrogen-bond donors (Lipinski definition) is 1. The predicted octanol–water partition coefficient (Wildman–Crippen LogP) is 3.24. The molecule has 1 saturated heterocycles. The summed E-state index contributed by atoms with van der Waals surface area (Å²) in [7, 11) is 0. The van der Waals surface area contributed by atoms with E-state index in [-0.39, 0.29) is 5.54 Å². The Bertz CT molecular complexity index is 436. The number of aliphatic hydroxyl groups is 1. The van der Waals surface area contributed by atoms with Crippen LogP contribution in [-0.2, 0) is 6.54 Å². The lowest BCUT2D eigenvalue weighted by atomic mass is 9.92. The highest BCUT2D eigenvalue weighted by Crippen LogP contribution is 2.35. The molecule has 5 heteroatoms. The number of aromatic nitrogens is 2. The average Bonchev–Trinajstić information content (AvgIpc) is 2.65. The van der Waals surface area contributed by atoms with Crippen molar-refractivity contribution in [1.29, 1.82) is 0 Å². The maximum Gasteiger partial charge on any atom is 0.115 e.